The van der Waals surface area contributed by atoms with Gasteiger partial charge < -0.3 is 41.8 Å². The van der Waals surface area contributed by atoms with Gasteiger partial charge in [0.1, 0.15) is 24.5 Å². The van der Waals surface area contributed by atoms with Gasteiger partial charge in [-0.2, -0.15) is 0 Å². The van der Waals surface area contributed by atoms with E-state index in [9.17, 15) is 33.6 Å². The molecule has 0 heterocycles. The third-order valence-corrected chi connectivity index (χ3v) is 6.47. The van der Waals surface area contributed by atoms with Crippen molar-refractivity contribution in [2.75, 3.05) is 32.1 Å². The van der Waals surface area contributed by atoms with Gasteiger partial charge in [-0.1, -0.05) is 26.8 Å². The zero-order valence-corrected chi connectivity index (χ0v) is 26.6. The first-order chi connectivity index (χ1) is 21.3. The fourth-order valence-electron chi connectivity index (χ4n) is 3.93. The van der Waals surface area contributed by atoms with Crippen LogP contribution in [-0.4, -0.2) is 80.3 Å². The van der Waals surface area contributed by atoms with E-state index in [1.54, 1.807) is 26.8 Å². The molecule has 0 fully saturated rings. The van der Waals surface area contributed by atoms with Crippen molar-refractivity contribution in [3.8, 4) is 0 Å². The van der Waals surface area contributed by atoms with Crippen LogP contribution in [0, 0.1) is 5.92 Å². The molecule has 0 aliphatic rings. The molecule has 1 aromatic rings. The number of urea groups is 1. The third-order valence-electron chi connectivity index (χ3n) is 6.47. The predicted molar refractivity (Wildman–Crippen MR) is 165 cm³/mol. The smallest absolute Gasteiger partial charge is 0.312 e. The number of nitrogens with two attached hydrogens (primary N) is 1. The third kappa shape index (κ3) is 15.2. The summed E-state index contributed by atoms with van der Waals surface area (Å²) >= 11 is 0. The predicted octanol–water partition coefficient (Wildman–Crippen LogP) is 0.898. The van der Waals surface area contributed by atoms with Gasteiger partial charge in [-0.3, -0.25) is 28.8 Å². The van der Waals surface area contributed by atoms with Gasteiger partial charge >= 0.3 is 12.0 Å². The van der Waals surface area contributed by atoms with Gasteiger partial charge in [0.05, 0.1) is 13.2 Å². The second-order valence-corrected chi connectivity index (χ2v) is 10.6. The summed E-state index contributed by atoms with van der Waals surface area (Å²) in [4.78, 5) is 85.4. The number of ketones is 1. The van der Waals surface area contributed by atoms with Crippen molar-refractivity contribution in [3.05, 3.63) is 29.3 Å². The summed E-state index contributed by atoms with van der Waals surface area (Å²) in [5.74, 6) is -2.91. The summed E-state index contributed by atoms with van der Waals surface area (Å²) in [7, 11) is 1.44. The summed E-state index contributed by atoms with van der Waals surface area (Å²) in [6, 6.07) is 1.70. The Labute approximate surface area is 263 Å². The Morgan fingerprint density at radius 2 is 1.64 bits per heavy atom. The minimum absolute atomic E-state index is 0.0291. The van der Waals surface area contributed by atoms with Crippen molar-refractivity contribution >= 4 is 47.1 Å². The van der Waals surface area contributed by atoms with Gasteiger partial charge in [-0.25, -0.2) is 4.79 Å². The highest BCUT2D eigenvalue weighted by Crippen LogP contribution is 2.18. The van der Waals surface area contributed by atoms with Gasteiger partial charge in [0.25, 0.3) is 5.91 Å². The van der Waals surface area contributed by atoms with Crippen LogP contribution in [0.1, 0.15) is 75.7 Å². The van der Waals surface area contributed by atoms with Crippen LogP contribution in [0.3, 0.4) is 0 Å². The van der Waals surface area contributed by atoms with E-state index in [0.717, 1.165) is 0 Å². The second kappa shape index (κ2) is 20.4. The lowest BCUT2D eigenvalue weighted by atomic mass is 10.0. The van der Waals surface area contributed by atoms with Crippen LogP contribution in [0.2, 0.25) is 0 Å². The highest BCUT2D eigenvalue weighted by atomic mass is 16.5. The molecule has 15 nitrogen and oxygen atoms in total. The van der Waals surface area contributed by atoms with E-state index in [1.807, 2.05) is 0 Å². The van der Waals surface area contributed by atoms with E-state index in [0.29, 0.717) is 5.56 Å². The van der Waals surface area contributed by atoms with Crippen molar-refractivity contribution in [3.63, 3.8) is 0 Å². The number of hydrogen-bond acceptors (Lipinski definition) is 9. The van der Waals surface area contributed by atoms with Crippen molar-refractivity contribution < 1.29 is 43.0 Å². The normalized spacial score (nSPS) is 12.0. The summed E-state index contributed by atoms with van der Waals surface area (Å²) in [5, 5.41) is 13.0. The van der Waals surface area contributed by atoms with E-state index in [-0.39, 0.29) is 81.4 Å². The first-order valence-corrected chi connectivity index (χ1v) is 14.8. The number of carbonyl (C=O) groups excluding carboxylic acids is 7. The van der Waals surface area contributed by atoms with Crippen LogP contribution in [0.25, 0.3) is 0 Å². The summed E-state index contributed by atoms with van der Waals surface area (Å²) in [5.41, 5.74) is 5.97. The number of primary amides is 1. The van der Waals surface area contributed by atoms with Crippen molar-refractivity contribution in [2.24, 2.45) is 11.7 Å². The Morgan fingerprint density at radius 3 is 2.24 bits per heavy atom. The first-order valence-electron chi connectivity index (χ1n) is 14.8. The second-order valence-electron chi connectivity index (χ2n) is 10.6. The molecule has 0 aromatic heterocycles. The number of amides is 6. The standard InChI is InChI=1S/C30H46N6O9/c1-6-25(39)45-17-20-9-10-21(16-22(20)27(40)32-5)34-28(41)23(8-7-13-33-30(31)43)35-29(42)26(18(2)3)36-24(38)12-15-44-14-11-19(4)37/h9-10,16,18,23,26H,6-8,11-15,17H2,1-5H3,(H,32,40)(H,34,41)(H,35,42)(H,36,38)(H3,31,33,43)/t23-,26-/m0/s1. The lowest BCUT2D eigenvalue weighted by Crippen LogP contribution is -2.54. The summed E-state index contributed by atoms with van der Waals surface area (Å²) < 4.78 is 10.4. The molecule has 0 radical (unpaired) electrons. The molecule has 0 aliphatic heterocycles. The lowest BCUT2D eigenvalue weighted by Gasteiger charge is -2.25. The number of rotatable bonds is 20. The van der Waals surface area contributed by atoms with E-state index < -0.39 is 47.7 Å². The monoisotopic (exact) mass is 634 g/mol. The fourth-order valence-corrected chi connectivity index (χ4v) is 3.93. The zero-order valence-electron chi connectivity index (χ0n) is 26.6. The van der Waals surface area contributed by atoms with E-state index in [2.05, 4.69) is 26.6 Å². The average Bonchev–Trinajstić information content (AvgIpc) is 2.99. The molecule has 0 aliphatic carbocycles. The maximum atomic E-state index is 13.4. The molecule has 0 spiro atoms. The molecule has 0 saturated carbocycles. The Bertz CT molecular complexity index is 1200. The molecule has 250 valence electrons. The van der Waals surface area contributed by atoms with Crippen LogP contribution >= 0.6 is 0 Å². The number of nitrogens with one attached hydrogen (secondary N) is 5. The van der Waals surface area contributed by atoms with Crippen molar-refractivity contribution in [1.82, 2.24) is 21.3 Å². The molecule has 1 aromatic carbocycles. The maximum Gasteiger partial charge on any atom is 0.312 e. The Morgan fingerprint density at radius 1 is 0.956 bits per heavy atom. The minimum atomic E-state index is -1.09. The molecule has 6 amide bonds. The van der Waals surface area contributed by atoms with E-state index >= 15 is 0 Å². The first kappa shape index (κ1) is 38.5. The van der Waals surface area contributed by atoms with Gasteiger partial charge in [-0.15, -0.1) is 0 Å². The van der Waals surface area contributed by atoms with Gasteiger partial charge in [-0.05, 0) is 37.8 Å². The van der Waals surface area contributed by atoms with E-state index in [4.69, 9.17) is 15.2 Å². The molecule has 45 heavy (non-hydrogen) atoms. The fraction of sp³-hybridized carbons (Fsp3) is 0.567. The van der Waals surface area contributed by atoms with Crippen LogP contribution < -0.4 is 32.3 Å². The van der Waals surface area contributed by atoms with Crippen molar-refractivity contribution in [1.29, 1.82) is 0 Å². The number of carbonyl (C=O) groups is 7. The summed E-state index contributed by atoms with van der Waals surface area (Å²) in [6.07, 6.45) is 0.765. The Hall–Kier alpha value is -4.53. The quantitative estimate of drug-likeness (QED) is 0.0884. The van der Waals surface area contributed by atoms with Gasteiger partial charge in [0.2, 0.25) is 17.7 Å². The molecular weight excluding hydrogens is 588 g/mol. The SMILES string of the molecule is CCC(=O)OCc1ccc(NC(=O)[C@H](CCCNC(N)=O)NC(=O)[C@@H](NC(=O)CCOCCC(C)=O)C(C)C)cc1C(=O)NC. The molecule has 0 unspecified atom stereocenters. The molecular formula is C30H46N6O9. The lowest BCUT2D eigenvalue weighted by molar-refractivity contribution is -0.144. The van der Waals surface area contributed by atoms with Crippen molar-refractivity contribution in [2.45, 2.75) is 78.5 Å². The van der Waals surface area contributed by atoms with Gasteiger partial charge in [0, 0.05) is 49.7 Å². The molecule has 15 heteroatoms. The van der Waals surface area contributed by atoms with Gasteiger partial charge in [0.15, 0.2) is 0 Å². The molecule has 7 N–H and O–H groups in total. The topological polar surface area (TPSA) is 224 Å². The maximum absolute atomic E-state index is 13.4. The Kier molecular flexibility index (Phi) is 17.5. The number of esters is 1. The molecule has 0 bridgehead atoms. The van der Waals surface area contributed by atoms with Crippen LogP contribution in [-0.2, 0) is 40.1 Å². The zero-order chi connectivity index (χ0) is 33.9. The average molecular weight is 635 g/mol. The molecule has 2 atom stereocenters. The van der Waals surface area contributed by atoms with Crippen LogP contribution in [0.5, 0.6) is 0 Å². The number of hydrogen-bond donors (Lipinski definition) is 6. The number of benzene rings is 1. The van der Waals surface area contributed by atoms with Crippen LogP contribution in [0.4, 0.5) is 10.5 Å². The number of ether oxygens (including phenoxy) is 2. The Balaban J connectivity index is 3.06. The van der Waals surface area contributed by atoms with Crippen LogP contribution in [0.15, 0.2) is 18.2 Å². The molecule has 1 rings (SSSR count). The highest BCUT2D eigenvalue weighted by molar-refractivity contribution is 6.01. The minimum Gasteiger partial charge on any atom is -0.461 e. The highest BCUT2D eigenvalue weighted by Gasteiger charge is 2.29. The summed E-state index contributed by atoms with van der Waals surface area (Å²) in [6.45, 7) is 6.83. The number of anilines is 1. The molecule has 0 saturated heterocycles. The number of Topliss-reactive ketones (excluding diaryl/α,β-unsaturated/α-hetero) is 1. The van der Waals surface area contributed by atoms with E-state index in [1.165, 1.54) is 26.1 Å². The largest absolute Gasteiger partial charge is 0.461 e.